The van der Waals surface area contributed by atoms with Gasteiger partial charge in [0.25, 0.3) is 0 Å². The molecule has 1 heterocycles. The summed E-state index contributed by atoms with van der Waals surface area (Å²) in [5.41, 5.74) is 1.38. The van der Waals surface area contributed by atoms with Crippen molar-refractivity contribution in [2.75, 3.05) is 32.7 Å². The van der Waals surface area contributed by atoms with Gasteiger partial charge in [-0.25, -0.2) is 8.78 Å². The van der Waals surface area contributed by atoms with Crippen LogP contribution in [0.2, 0.25) is 0 Å². The molecule has 0 aliphatic carbocycles. The minimum absolute atomic E-state index is 0.00356. The van der Waals surface area contributed by atoms with Gasteiger partial charge in [-0.2, -0.15) is 0 Å². The lowest BCUT2D eigenvalue weighted by atomic mass is 10.0. The summed E-state index contributed by atoms with van der Waals surface area (Å²) >= 11 is 2.23. The van der Waals surface area contributed by atoms with Gasteiger partial charge >= 0.3 is 0 Å². The molecule has 2 amide bonds. The Labute approximate surface area is 230 Å². The van der Waals surface area contributed by atoms with Crippen molar-refractivity contribution in [1.29, 1.82) is 0 Å². The van der Waals surface area contributed by atoms with Crippen LogP contribution in [0.4, 0.5) is 8.78 Å². The number of amides is 2. The Bertz CT molecular complexity index is 1050. The van der Waals surface area contributed by atoms with Crippen LogP contribution in [-0.4, -0.2) is 77.6 Å². The molecule has 2 aromatic carbocycles. The van der Waals surface area contributed by atoms with E-state index in [4.69, 9.17) is 0 Å². The standard InChI is InChI=1S/C27H35F2IN4O3/c1-3-23-15-33(17-27(37)34(23)4-2)16-26(36)32-24(11-19-8-20(28)12-21(29)9-19)25(35)14-31-13-18-6-5-7-22(30)10-18/h5-10,12,23-25,31,35H,3-4,11,13-17H2,1-2H3,(H,32,36). The summed E-state index contributed by atoms with van der Waals surface area (Å²) in [5.74, 6) is -1.81. The number of halogens is 3. The first-order valence-corrected chi connectivity index (χ1v) is 13.7. The second-order valence-corrected chi connectivity index (χ2v) is 10.6. The first-order chi connectivity index (χ1) is 17.7. The van der Waals surface area contributed by atoms with Gasteiger partial charge in [0.05, 0.1) is 25.2 Å². The van der Waals surface area contributed by atoms with Gasteiger partial charge in [-0.3, -0.25) is 14.5 Å². The van der Waals surface area contributed by atoms with E-state index in [0.717, 1.165) is 21.6 Å². The molecule has 3 rings (SSSR count). The van der Waals surface area contributed by atoms with Gasteiger partial charge in [0.1, 0.15) is 11.6 Å². The molecule has 202 valence electrons. The van der Waals surface area contributed by atoms with Crippen molar-refractivity contribution in [2.45, 2.75) is 51.4 Å². The molecular weight excluding hydrogens is 593 g/mol. The average Bonchev–Trinajstić information content (AvgIpc) is 2.82. The van der Waals surface area contributed by atoms with Crippen LogP contribution in [0.3, 0.4) is 0 Å². The lowest BCUT2D eigenvalue weighted by molar-refractivity contribution is -0.140. The number of benzene rings is 2. The van der Waals surface area contributed by atoms with E-state index in [0.29, 0.717) is 25.2 Å². The average molecular weight is 629 g/mol. The lowest BCUT2D eigenvalue weighted by Gasteiger charge is -2.40. The lowest BCUT2D eigenvalue weighted by Crippen LogP contribution is -2.58. The number of piperazine rings is 1. The zero-order valence-electron chi connectivity index (χ0n) is 21.2. The van der Waals surface area contributed by atoms with E-state index in [1.54, 1.807) is 4.90 Å². The van der Waals surface area contributed by atoms with Crippen molar-refractivity contribution in [3.63, 3.8) is 0 Å². The Morgan fingerprint density at radius 3 is 2.54 bits per heavy atom. The maximum Gasteiger partial charge on any atom is 0.237 e. The third kappa shape index (κ3) is 8.98. The molecule has 0 aromatic heterocycles. The molecule has 1 aliphatic heterocycles. The van der Waals surface area contributed by atoms with Crippen LogP contribution in [0, 0.1) is 15.2 Å². The largest absolute Gasteiger partial charge is 0.390 e. The predicted octanol–water partition coefficient (Wildman–Crippen LogP) is 2.69. The molecular formula is C27H35F2IN4O3. The molecule has 3 atom stereocenters. The number of rotatable bonds is 12. The SMILES string of the molecule is CCC1CN(CC(=O)NC(Cc2cc(F)cc(F)c2)C(O)CNCc2cccc(I)c2)CC(=O)N1CC. The second kappa shape index (κ2) is 14.1. The summed E-state index contributed by atoms with van der Waals surface area (Å²) in [6, 6.07) is 10.4. The van der Waals surface area contributed by atoms with Crippen molar-refractivity contribution in [2.24, 2.45) is 0 Å². The molecule has 3 unspecified atom stereocenters. The van der Waals surface area contributed by atoms with Gasteiger partial charge in [0.15, 0.2) is 0 Å². The summed E-state index contributed by atoms with van der Waals surface area (Å²) in [7, 11) is 0. The molecule has 1 saturated heterocycles. The fraction of sp³-hybridized carbons (Fsp3) is 0.481. The van der Waals surface area contributed by atoms with E-state index >= 15 is 0 Å². The Balaban J connectivity index is 1.65. The van der Waals surface area contributed by atoms with Crippen LogP contribution < -0.4 is 10.6 Å². The van der Waals surface area contributed by atoms with Crippen molar-refractivity contribution in [3.05, 3.63) is 68.8 Å². The summed E-state index contributed by atoms with van der Waals surface area (Å²) < 4.78 is 28.7. The van der Waals surface area contributed by atoms with Crippen LogP contribution in [0.25, 0.3) is 0 Å². The molecule has 1 fully saturated rings. The molecule has 2 aromatic rings. The third-order valence-corrected chi connectivity index (χ3v) is 7.20. The van der Waals surface area contributed by atoms with Gasteiger partial charge in [0, 0.05) is 41.9 Å². The number of aliphatic hydroxyl groups excluding tert-OH is 1. The quantitative estimate of drug-likeness (QED) is 0.315. The van der Waals surface area contributed by atoms with Crippen molar-refractivity contribution >= 4 is 34.4 Å². The number of hydrogen-bond donors (Lipinski definition) is 3. The first kappa shape index (κ1) is 29.4. The van der Waals surface area contributed by atoms with E-state index < -0.39 is 23.8 Å². The number of carbonyl (C=O) groups is 2. The first-order valence-electron chi connectivity index (χ1n) is 12.6. The van der Waals surface area contributed by atoms with Crippen LogP contribution in [0.15, 0.2) is 42.5 Å². The fourth-order valence-corrected chi connectivity index (χ4v) is 5.33. The van der Waals surface area contributed by atoms with E-state index in [2.05, 4.69) is 33.2 Å². The molecule has 0 bridgehead atoms. The summed E-state index contributed by atoms with van der Waals surface area (Å²) in [6.07, 6.45) is -0.178. The van der Waals surface area contributed by atoms with Crippen LogP contribution >= 0.6 is 22.6 Å². The van der Waals surface area contributed by atoms with Crippen molar-refractivity contribution in [1.82, 2.24) is 20.4 Å². The number of nitrogens with zero attached hydrogens (tertiary/aromatic N) is 2. The monoisotopic (exact) mass is 628 g/mol. The summed E-state index contributed by atoms with van der Waals surface area (Å²) in [6.45, 7) is 6.00. The summed E-state index contributed by atoms with van der Waals surface area (Å²) in [5, 5.41) is 17.0. The minimum Gasteiger partial charge on any atom is -0.390 e. The number of carbonyl (C=O) groups excluding carboxylic acids is 2. The highest BCUT2D eigenvalue weighted by molar-refractivity contribution is 14.1. The number of hydrogen-bond acceptors (Lipinski definition) is 5. The Morgan fingerprint density at radius 2 is 1.89 bits per heavy atom. The number of nitrogens with one attached hydrogen (secondary N) is 2. The van der Waals surface area contributed by atoms with Crippen LogP contribution in [0.5, 0.6) is 0 Å². The molecule has 0 saturated carbocycles. The van der Waals surface area contributed by atoms with Crippen molar-refractivity contribution < 1.29 is 23.5 Å². The second-order valence-electron chi connectivity index (χ2n) is 9.40. The smallest absolute Gasteiger partial charge is 0.237 e. The van der Waals surface area contributed by atoms with Gasteiger partial charge in [-0.15, -0.1) is 0 Å². The van der Waals surface area contributed by atoms with E-state index in [9.17, 15) is 23.5 Å². The van der Waals surface area contributed by atoms with Crippen LogP contribution in [0.1, 0.15) is 31.4 Å². The topological polar surface area (TPSA) is 84.9 Å². The maximum absolute atomic E-state index is 13.8. The maximum atomic E-state index is 13.8. The Kier molecular flexibility index (Phi) is 11.2. The Hall–Kier alpha value is -2.15. The molecule has 3 N–H and O–H groups in total. The molecule has 7 nitrogen and oxygen atoms in total. The number of aliphatic hydroxyl groups is 1. The fourth-order valence-electron chi connectivity index (χ4n) is 4.73. The number of likely N-dealkylation sites (N-methyl/N-ethyl adjacent to an activating group) is 1. The van der Waals surface area contributed by atoms with E-state index in [1.165, 1.54) is 12.1 Å². The Morgan fingerprint density at radius 1 is 1.16 bits per heavy atom. The van der Waals surface area contributed by atoms with Crippen molar-refractivity contribution in [3.8, 4) is 0 Å². The van der Waals surface area contributed by atoms with Gasteiger partial charge in [-0.1, -0.05) is 19.1 Å². The minimum atomic E-state index is -1.01. The molecule has 1 aliphatic rings. The van der Waals surface area contributed by atoms with Crippen LogP contribution in [-0.2, 0) is 22.6 Å². The van der Waals surface area contributed by atoms with Gasteiger partial charge < -0.3 is 20.6 Å². The molecule has 10 heteroatoms. The zero-order chi connectivity index (χ0) is 26.9. The van der Waals surface area contributed by atoms with E-state index in [-0.39, 0.29) is 43.9 Å². The van der Waals surface area contributed by atoms with E-state index in [1.807, 2.05) is 43.0 Å². The predicted molar refractivity (Wildman–Crippen MR) is 147 cm³/mol. The highest BCUT2D eigenvalue weighted by Gasteiger charge is 2.32. The van der Waals surface area contributed by atoms with Gasteiger partial charge in [-0.05, 0) is 77.7 Å². The zero-order valence-corrected chi connectivity index (χ0v) is 23.4. The normalized spacial score (nSPS) is 18.1. The highest BCUT2D eigenvalue weighted by Crippen LogP contribution is 2.15. The molecule has 37 heavy (non-hydrogen) atoms. The molecule has 0 radical (unpaired) electrons. The highest BCUT2D eigenvalue weighted by atomic mass is 127. The third-order valence-electron chi connectivity index (χ3n) is 6.53. The van der Waals surface area contributed by atoms with Gasteiger partial charge in [0.2, 0.25) is 11.8 Å². The molecule has 0 spiro atoms. The summed E-state index contributed by atoms with van der Waals surface area (Å²) in [4.78, 5) is 29.1.